The number of amides is 1. The number of halogens is 3. The largest absolute Gasteiger partial charge is 0.455 e. The number of carbonyl (C=O) groups is 2. The number of anilines is 1. The normalized spacial score (nSPS) is 11.2. The summed E-state index contributed by atoms with van der Waals surface area (Å²) in [5, 5.41) is 1.91. The fourth-order valence-corrected chi connectivity index (χ4v) is 3.18. The van der Waals surface area contributed by atoms with Gasteiger partial charge in [-0.1, -0.05) is 6.07 Å². The fraction of sp³-hybridized carbons (Fsp3) is 0.222. The van der Waals surface area contributed by atoms with E-state index in [4.69, 9.17) is 0 Å². The maximum Gasteiger partial charge on any atom is 0.321 e. The van der Waals surface area contributed by atoms with Crippen LogP contribution in [0.1, 0.15) is 11.1 Å². The molecule has 0 aliphatic rings. The monoisotopic (exact) mass is 430 g/mol. The van der Waals surface area contributed by atoms with Crippen molar-refractivity contribution in [1.82, 2.24) is 4.72 Å². The minimum atomic E-state index is -3.97. The molecule has 7 nitrogen and oxygen atoms in total. The van der Waals surface area contributed by atoms with E-state index in [1.165, 1.54) is 12.1 Å². The lowest BCUT2D eigenvalue weighted by Gasteiger charge is -2.10. The van der Waals surface area contributed by atoms with Gasteiger partial charge in [0.25, 0.3) is 5.91 Å². The summed E-state index contributed by atoms with van der Waals surface area (Å²) in [5.74, 6) is -6.90. The van der Waals surface area contributed by atoms with Gasteiger partial charge in [0.1, 0.15) is 6.54 Å². The molecule has 0 unspecified atom stereocenters. The van der Waals surface area contributed by atoms with E-state index in [9.17, 15) is 31.2 Å². The Bertz CT molecular complexity index is 1060. The molecule has 2 N–H and O–H groups in total. The third-order valence-corrected chi connectivity index (χ3v) is 5.27. The number of carbonyl (C=O) groups excluding carboxylic acids is 2. The zero-order valence-electron chi connectivity index (χ0n) is 15.4. The standard InChI is InChI=1S/C18H17F3N2O5S/c1-10-3-4-12(7-11(10)2)29(26,27)22-8-16(25)28-9-15(24)23-14-6-5-13(19)17(20)18(14)21/h3-7,22H,8-9H2,1-2H3,(H,23,24). The number of esters is 1. The summed E-state index contributed by atoms with van der Waals surface area (Å²) in [6.45, 7) is 1.91. The zero-order valence-corrected chi connectivity index (χ0v) is 16.2. The first-order chi connectivity index (χ1) is 13.5. The summed E-state index contributed by atoms with van der Waals surface area (Å²) in [5.41, 5.74) is 1.00. The van der Waals surface area contributed by atoms with E-state index in [0.717, 1.165) is 17.2 Å². The smallest absolute Gasteiger partial charge is 0.321 e. The molecule has 2 rings (SSSR count). The molecule has 2 aromatic rings. The molecule has 0 radical (unpaired) electrons. The van der Waals surface area contributed by atoms with Gasteiger partial charge in [-0.05, 0) is 49.2 Å². The second-order valence-corrected chi connectivity index (χ2v) is 7.77. The summed E-state index contributed by atoms with van der Waals surface area (Å²) in [6, 6.07) is 5.84. The number of nitrogens with one attached hydrogen (secondary N) is 2. The molecular formula is C18H17F3N2O5S. The third-order valence-electron chi connectivity index (χ3n) is 3.87. The summed E-state index contributed by atoms with van der Waals surface area (Å²) in [6.07, 6.45) is 0. The van der Waals surface area contributed by atoms with Crippen molar-refractivity contribution in [2.75, 3.05) is 18.5 Å². The lowest BCUT2D eigenvalue weighted by molar-refractivity contribution is -0.146. The van der Waals surface area contributed by atoms with Gasteiger partial charge in [-0.15, -0.1) is 0 Å². The molecule has 0 aliphatic carbocycles. The minimum absolute atomic E-state index is 0.0417. The number of aryl methyl sites for hydroxylation is 2. The Labute approximate surface area is 164 Å². The molecule has 0 fully saturated rings. The number of rotatable bonds is 7. The third kappa shape index (κ3) is 5.78. The Morgan fingerprint density at radius 2 is 1.69 bits per heavy atom. The molecule has 29 heavy (non-hydrogen) atoms. The lowest BCUT2D eigenvalue weighted by atomic mass is 10.1. The molecule has 0 aromatic heterocycles. The van der Waals surface area contributed by atoms with Crippen LogP contribution >= 0.6 is 0 Å². The van der Waals surface area contributed by atoms with Gasteiger partial charge in [-0.25, -0.2) is 21.6 Å². The molecule has 0 saturated heterocycles. The van der Waals surface area contributed by atoms with E-state index in [2.05, 4.69) is 4.74 Å². The summed E-state index contributed by atoms with van der Waals surface area (Å²) in [4.78, 5) is 23.3. The number of ether oxygens (including phenoxy) is 1. The number of hydrogen-bond acceptors (Lipinski definition) is 5. The summed E-state index contributed by atoms with van der Waals surface area (Å²) >= 11 is 0. The highest BCUT2D eigenvalue weighted by Gasteiger charge is 2.18. The van der Waals surface area contributed by atoms with E-state index in [1.807, 2.05) is 17.0 Å². The fourth-order valence-electron chi connectivity index (χ4n) is 2.12. The average Bonchev–Trinajstić information content (AvgIpc) is 2.67. The van der Waals surface area contributed by atoms with Gasteiger partial charge in [0.05, 0.1) is 10.6 Å². The van der Waals surface area contributed by atoms with Crippen LogP contribution in [0.5, 0.6) is 0 Å². The van der Waals surface area contributed by atoms with E-state index < -0.39 is 58.2 Å². The predicted molar refractivity (Wildman–Crippen MR) is 97.0 cm³/mol. The average molecular weight is 430 g/mol. The highest BCUT2D eigenvalue weighted by Crippen LogP contribution is 2.19. The van der Waals surface area contributed by atoms with Gasteiger partial charge in [-0.3, -0.25) is 9.59 Å². The molecule has 0 atom stereocenters. The van der Waals surface area contributed by atoms with Crippen molar-refractivity contribution >= 4 is 27.6 Å². The molecule has 2 aromatic carbocycles. The Balaban J connectivity index is 1.87. The van der Waals surface area contributed by atoms with Crippen LogP contribution in [0.15, 0.2) is 35.2 Å². The zero-order chi connectivity index (χ0) is 21.8. The molecule has 1 amide bonds. The SMILES string of the molecule is Cc1ccc(S(=O)(=O)NCC(=O)OCC(=O)Nc2ccc(F)c(F)c2F)cc1C. The first-order valence-corrected chi connectivity index (χ1v) is 9.65. The molecule has 11 heteroatoms. The lowest BCUT2D eigenvalue weighted by Crippen LogP contribution is -2.32. The van der Waals surface area contributed by atoms with Gasteiger partial charge in [0, 0.05) is 0 Å². The summed E-state index contributed by atoms with van der Waals surface area (Å²) in [7, 11) is -3.97. The van der Waals surface area contributed by atoms with Crippen LogP contribution in [-0.2, 0) is 24.3 Å². The number of benzene rings is 2. The van der Waals surface area contributed by atoms with Crippen molar-refractivity contribution in [3.8, 4) is 0 Å². The van der Waals surface area contributed by atoms with Crippen LogP contribution in [0.2, 0.25) is 0 Å². The molecule has 0 bridgehead atoms. The quantitative estimate of drug-likeness (QED) is 0.518. The Hall–Kier alpha value is -2.92. The number of hydrogen-bond donors (Lipinski definition) is 2. The van der Waals surface area contributed by atoms with Crippen LogP contribution in [-0.4, -0.2) is 33.4 Å². The van der Waals surface area contributed by atoms with Crippen LogP contribution in [0.3, 0.4) is 0 Å². The molecule has 0 saturated carbocycles. The van der Waals surface area contributed by atoms with Crippen molar-refractivity contribution in [3.05, 3.63) is 58.9 Å². The second-order valence-electron chi connectivity index (χ2n) is 6.00. The van der Waals surface area contributed by atoms with Crippen molar-refractivity contribution < 1.29 is 35.9 Å². The van der Waals surface area contributed by atoms with E-state index in [1.54, 1.807) is 13.0 Å². The van der Waals surface area contributed by atoms with Gasteiger partial charge in [-0.2, -0.15) is 4.72 Å². The second kappa shape index (κ2) is 9.05. The molecule has 0 aliphatic heterocycles. The van der Waals surface area contributed by atoms with Crippen LogP contribution in [0, 0.1) is 31.3 Å². The van der Waals surface area contributed by atoms with E-state index in [-0.39, 0.29) is 4.90 Å². The molecule has 0 heterocycles. The van der Waals surface area contributed by atoms with E-state index in [0.29, 0.717) is 6.07 Å². The van der Waals surface area contributed by atoms with Gasteiger partial charge >= 0.3 is 5.97 Å². The predicted octanol–water partition coefficient (Wildman–Crippen LogP) is 2.18. The van der Waals surface area contributed by atoms with Crippen molar-refractivity contribution in [2.24, 2.45) is 0 Å². The van der Waals surface area contributed by atoms with E-state index >= 15 is 0 Å². The maximum absolute atomic E-state index is 13.5. The highest BCUT2D eigenvalue weighted by molar-refractivity contribution is 7.89. The van der Waals surface area contributed by atoms with Crippen molar-refractivity contribution in [3.63, 3.8) is 0 Å². The Kier molecular flexibility index (Phi) is 6.98. The summed E-state index contributed by atoms with van der Waals surface area (Å²) < 4.78 is 70.4. The molecule has 0 spiro atoms. The van der Waals surface area contributed by atoms with Gasteiger partial charge in [0.2, 0.25) is 10.0 Å². The molecular weight excluding hydrogens is 413 g/mol. The van der Waals surface area contributed by atoms with Crippen molar-refractivity contribution in [2.45, 2.75) is 18.7 Å². The maximum atomic E-state index is 13.5. The van der Waals surface area contributed by atoms with Crippen LogP contribution in [0.4, 0.5) is 18.9 Å². The Morgan fingerprint density at radius 1 is 1.00 bits per heavy atom. The first kappa shape index (κ1) is 22.4. The van der Waals surface area contributed by atoms with Crippen LogP contribution < -0.4 is 10.0 Å². The van der Waals surface area contributed by atoms with Crippen LogP contribution in [0.25, 0.3) is 0 Å². The van der Waals surface area contributed by atoms with Crippen molar-refractivity contribution in [1.29, 1.82) is 0 Å². The van der Waals surface area contributed by atoms with Gasteiger partial charge in [0.15, 0.2) is 24.1 Å². The minimum Gasteiger partial charge on any atom is -0.455 e. The first-order valence-electron chi connectivity index (χ1n) is 8.17. The van der Waals surface area contributed by atoms with Gasteiger partial charge < -0.3 is 10.1 Å². The topological polar surface area (TPSA) is 102 Å². The molecule has 156 valence electrons. The Morgan fingerprint density at radius 3 is 2.34 bits per heavy atom. The highest BCUT2D eigenvalue weighted by atomic mass is 32.2. The number of sulfonamides is 1.